The highest BCUT2D eigenvalue weighted by molar-refractivity contribution is 8.18. The first-order valence-electron chi connectivity index (χ1n) is 11.4. The summed E-state index contributed by atoms with van der Waals surface area (Å²) in [6.45, 7) is 4.57. The van der Waals surface area contributed by atoms with Crippen molar-refractivity contribution < 1.29 is 9.59 Å². The summed E-state index contributed by atoms with van der Waals surface area (Å²) in [6.07, 6.45) is 8.24. The van der Waals surface area contributed by atoms with E-state index in [0.717, 1.165) is 33.7 Å². The summed E-state index contributed by atoms with van der Waals surface area (Å²) in [6, 6.07) is 16.8. The van der Waals surface area contributed by atoms with Gasteiger partial charge in [-0.3, -0.25) is 14.5 Å². The number of nitrogens with zero attached hydrogens (tertiary/aromatic N) is 2. The monoisotopic (exact) mass is 444 g/mol. The van der Waals surface area contributed by atoms with E-state index in [1.807, 2.05) is 36.4 Å². The Hall–Kier alpha value is -2.79. The highest BCUT2D eigenvalue weighted by Crippen LogP contribution is 2.37. The summed E-state index contributed by atoms with van der Waals surface area (Å²) in [7, 11) is 0. The highest BCUT2D eigenvalue weighted by Gasteiger charge is 2.35. The van der Waals surface area contributed by atoms with Gasteiger partial charge in [-0.15, -0.1) is 0 Å². The number of fused-ring (bicyclic) bond motifs is 1. The number of hydrogen-bond acceptors (Lipinski definition) is 3. The molecule has 32 heavy (non-hydrogen) atoms. The molecule has 164 valence electrons. The van der Waals surface area contributed by atoms with Crippen LogP contribution in [0.1, 0.15) is 60.7 Å². The fourth-order valence-corrected chi connectivity index (χ4v) is 6.06. The van der Waals surface area contributed by atoms with Crippen molar-refractivity contribution in [2.24, 2.45) is 0 Å². The van der Waals surface area contributed by atoms with Gasteiger partial charge in [-0.05, 0) is 72.5 Å². The Morgan fingerprint density at radius 1 is 1.00 bits per heavy atom. The van der Waals surface area contributed by atoms with Gasteiger partial charge in [-0.25, -0.2) is 0 Å². The molecule has 3 aromatic rings. The molecule has 2 fully saturated rings. The van der Waals surface area contributed by atoms with Crippen LogP contribution in [0.15, 0.2) is 53.4 Å². The van der Waals surface area contributed by atoms with Gasteiger partial charge in [0.15, 0.2) is 0 Å². The minimum absolute atomic E-state index is 0.199. The number of carbonyl (C=O) groups excluding carboxylic acids is 2. The number of aromatic nitrogens is 1. The molecule has 5 rings (SSSR count). The maximum absolute atomic E-state index is 13.2. The van der Waals surface area contributed by atoms with Gasteiger partial charge in [0.1, 0.15) is 0 Å². The summed E-state index contributed by atoms with van der Waals surface area (Å²) >= 11 is 1.05. The lowest BCUT2D eigenvalue weighted by Crippen LogP contribution is -2.27. The second kappa shape index (κ2) is 8.62. The molecule has 0 atom stereocenters. The lowest BCUT2D eigenvalue weighted by atomic mass is 9.95. The predicted octanol–water partition coefficient (Wildman–Crippen LogP) is 7.00. The van der Waals surface area contributed by atoms with Gasteiger partial charge >= 0.3 is 0 Å². The molecule has 0 unspecified atom stereocenters. The molecule has 1 saturated heterocycles. The molecule has 1 aliphatic heterocycles. The molecule has 5 heteroatoms. The molecule has 0 bridgehead atoms. The highest BCUT2D eigenvalue weighted by atomic mass is 32.2. The molecule has 2 heterocycles. The second-order valence-corrected chi connectivity index (χ2v) is 9.89. The number of thioether (sulfide) groups is 1. The Morgan fingerprint density at radius 2 is 1.75 bits per heavy atom. The topological polar surface area (TPSA) is 42.3 Å². The van der Waals surface area contributed by atoms with Gasteiger partial charge in [0.25, 0.3) is 11.1 Å². The standard InChI is InChI=1S/C27H28N2O2S/c1-18-15-22(19(2)29(18)23-12-4-3-5-13-23)16-25-26(30)28(27(31)32-25)17-21-11-8-10-20-9-6-7-14-24(20)21/h6-11,14-16,23H,3-5,12-13,17H2,1-2H3/b25-16-. The third-order valence-corrected chi connectivity index (χ3v) is 7.74. The molecule has 2 aromatic carbocycles. The van der Waals surface area contributed by atoms with Gasteiger partial charge in [0.2, 0.25) is 0 Å². The van der Waals surface area contributed by atoms with E-state index in [0.29, 0.717) is 17.5 Å². The van der Waals surface area contributed by atoms with E-state index in [1.165, 1.54) is 48.4 Å². The lowest BCUT2D eigenvalue weighted by molar-refractivity contribution is -0.123. The second-order valence-electron chi connectivity index (χ2n) is 8.89. The molecule has 2 aliphatic rings. The van der Waals surface area contributed by atoms with E-state index in [4.69, 9.17) is 0 Å². The van der Waals surface area contributed by atoms with Crippen molar-refractivity contribution in [2.45, 2.75) is 58.5 Å². The zero-order chi connectivity index (χ0) is 22.2. The molecule has 1 aromatic heterocycles. The van der Waals surface area contributed by atoms with Gasteiger partial charge < -0.3 is 4.57 Å². The molecule has 4 nitrogen and oxygen atoms in total. The quantitative estimate of drug-likeness (QED) is 0.407. The van der Waals surface area contributed by atoms with Crippen LogP contribution >= 0.6 is 11.8 Å². The van der Waals surface area contributed by atoms with Crippen LogP contribution < -0.4 is 0 Å². The molecular weight excluding hydrogens is 416 g/mol. The van der Waals surface area contributed by atoms with Crippen LogP contribution in [-0.4, -0.2) is 20.6 Å². The van der Waals surface area contributed by atoms with E-state index in [1.54, 1.807) is 0 Å². The largest absolute Gasteiger partial charge is 0.346 e. The van der Waals surface area contributed by atoms with E-state index >= 15 is 0 Å². The Labute approximate surface area is 193 Å². The Morgan fingerprint density at radius 3 is 2.56 bits per heavy atom. The van der Waals surface area contributed by atoms with Crippen molar-refractivity contribution in [3.8, 4) is 0 Å². The van der Waals surface area contributed by atoms with Crippen LogP contribution in [0.2, 0.25) is 0 Å². The smallest absolute Gasteiger partial charge is 0.293 e. The zero-order valence-corrected chi connectivity index (χ0v) is 19.5. The summed E-state index contributed by atoms with van der Waals surface area (Å²) in [5.74, 6) is -0.199. The van der Waals surface area contributed by atoms with Crippen LogP contribution in [0.4, 0.5) is 4.79 Å². The molecule has 0 spiro atoms. The predicted molar refractivity (Wildman–Crippen MR) is 131 cm³/mol. The normalized spacial score (nSPS) is 18.9. The number of hydrogen-bond donors (Lipinski definition) is 0. The molecular formula is C27H28N2O2S. The number of aryl methyl sites for hydroxylation is 1. The first-order chi connectivity index (χ1) is 15.5. The minimum atomic E-state index is -0.199. The van der Waals surface area contributed by atoms with Crippen LogP contribution in [-0.2, 0) is 11.3 Å². The number of amides is 2. The summed E-state index contributed by atoms with van der Waals surface area (Å²) in [5, 5.41) is 1.99. The van der Waals surface area contributed by atoms with Gasteiger partial charge in [-0.1, -0.05) is 61.7 Å². The van der Waals surface area contributed by atoms with E-state index < -0.39 is 0 Å². The molecule has 1 aliphatic carbocycles. The van der Waals surface area contributed by atoms with Crippen LogP contribution in [0.3, 0.4) is 0 Å². The molecule has 0 N–H and O–H groups in total. The first-order valence-corrected chi connectivity index (χ1v) is 12.2. The number of rotatable bonds is 4. The van der Waals surface area contributed by atoms with Gasteiger partial charge in [0, 0.05) is 17.4 Å². The third kappa shape index (κ3) is 3.79. The van der Waals surface area contributed by atoms with Crippen LogP contribution in [0, 0.1) is 13.8 Å². The van der Waals surface area contributed by atoms with Crippen LogP contribution in [0.5, 0.6) is 0 Å². The zero-order valence-electron chi connectivity index (χ0n) is 18.6. The van der Waals surface area contributed by atoms with Gasteiger partial charge in [-0.2, -0.15) is 0 Å². The average Bonchev–Trinajstić information content (AvgIpc) is 3.23. The fourth-order valence-electron chi connectivity index (χ4n) is 5.23. The fraction of sp³-hybridized carbons (Fsp3) is 0.333. The lowest BCUT2D eigenvalue weighted by Gasteiger charge is -2.26. The minimum Gasteiger partial charge on any atom is -0.346 e. The summed E-state index contributed by atoms with van der Waals surface area (Å²) < 4.78 is 2.44. The molecule has 2 amide bonds. The van der Waals surface area contributed by atoms with E-state index in [9.17, 15) is 9.59 Å². The van der Waals surface area contributed by atoms with Crippen LogP contribution in [0.25, 0.3) is 16.8 Å². The van der Waals surface area contributed by atoms with Crippen molar-refractivity contribution in [3.63, 3.8) is 0 Å². The van der Waals surface area contributed by atoms with E-state index in [2.05, 4.69) is 36.6 Å². The number of carbonyl (C=O) groups is 2. The van der Waals surface area contributed by atoms with Crippen molar-refractivity contribution >= 4 is 39.8 Å². The first kappa shape index (κ1) is 21.1. The number of imide groups is 1. The SMILES string of the molecule is Cc1cc(/C=C2\SC(=O)N(Cc3cccc4ccccc34)C2=O)c(C)n1C1CCCCC1. The summed E-state index contributed by atoms with van der Waals surface area (Å²) in [4.78, 5) is 27.8. The Balaban J connectivity index is 1.42. The maximum Gasteiger partial charge on any atom is 0.293 e. The van der Waals surface area contributed by atoms with Crippen molar-refractivity contribution in [1.29, 1.82) is 0 Å². The van der Waals surface area contributed by atoms with E-state index in [-0.39, 0.29) is 11.1 Å². The average molecular weight is 445 g/mol. The van der Waals surface area contributed by atoms with Crippen molar-refractivity contribution in [2.75, 3.05) is 0 Å². The third-order valence-electron chi connectivity index (χ3n) is 6.83. The van der Waals surface area contributed by atoms with Crippen molar-refractivity contribution in [1.82, 2.24) is 9.47 Å². The maximum atomic E-state index is 13.2. The van der Waals surface area contributed by atoms with Crippen molar-refractivity contribution in [3.05, 3.63) is 76.0 Å². The Kier molecular flexibility index (Phi) is 5.68. The number of benzene rings is 2. The Bertz CT molecular complexity index is 1230. The van der Waals surface area contributed by atoms with Gasteiger partial charge in [0.05, 0.1) is 11.4 Å². The molecule has 1 saturated carbocycles. The molecule has 0 radical (unpaired) electrons. The summed E-state index contributed by atoms with van der Waals surface area (Å²) in [5.41, 5.74) is 4.46.